The highest BCUT2D eigenvalue weighted by atomic mass is 16.5. The lowest BCUT2D eigenvalue weighted by molar-refractivity contribution is -0.0668. The summed E-state index contributed by atoms with van der Waals surface area (Å²) in [5, 5.41) is 16.0. The second kappa shape index (κ2) is 5.71. The minimum atomic E-state index is -0.339. The quantitative estimate of drug-likeness (QED) is 0.876. The van der Waals surface area contributed by atoms with Gasteiger partial charge in [0.15, 0.2) is 11.5 Å². The zero-order chi connectivity index (χ0) is 14.8. The molecule has 3 heterocycles. The lowest BCUT2D eigenvalue weighted by atomic mass is 10.1. The van der Waals surface area contributed by atoms with E-state index in [1.165, 1.54) is 0 Å². The van der Waals surface area contributed by atoms with Gasteiger partial charge in [-0.05, 0) is 19.1 Å². The van der Waals surface area contributed by atoms with Crippen molar-refractivity contribution in [3.05, 3.63) is 30.2 Å². The van der Waals surface area contributed by atoms with Crippen LogP contribution in [0.2, 0.25) is 0 Å². The Morgan fingerprint density at radius 1 is 1.62 bits per heavy atom. The molecule has 21 heavy (non-hydrogen) atoms. The van der Waals surface area contributed by atoms with Gasteiger partial charge in [-0.2, -0.15) is 5.10 Å². The van der Waals surface area contributed by atoms with Gasteiger partial charge in [0.05, 0.1) is 31.6 Å². The first-order valence-corrected chi connectivity index (χ1v) is 6.81. The first-order chi connectivity index (χ1) is 10.2. The van der Waals surface area contributed by atoms with Crippen LogP contribution in [0, 0.1) is 0 Å². The predicted molar refractivity (Wildman–Crippen MR) is 73.6 cm³/mol. The minimum Gasteiger partial charge on any atom is -0.463 e. The first kappa shape index (κ1) is 13.8. The van der Waals surface area contributed by atoms with Gasteiger partial charge < -0.3 is 19.2 Å². The van der Waals surface area contributed by atoms with Crippen LogP contribution in [0.5, 0.6) is 0 Å². The average Bonchev–Trinajstić information content (AvgIpc) is 3.18. The smallest absolute Gasteiger partial charge is 0.274 e. The number of aliphatic hydroxyl groups is 1. The molecule has 7 heteroatoms. The van der Waals surface area contributed by atoms with Crippen LogP contribution in [-0.4, -0.2) is 58.0 Å². The van der Waals surface area contributed by atoms with E-state index in [1.54, 1.807) is 29.4 Å². The molecule has 2 unspecified atom stereocenters. The largest absolute Gasteiger partial charge is 0.463 e. The Morgan fingerprint density at radius 3 is 3.19 bits per heavy atom. The van der Waals surface area contributed by atoms with E-state index < -0.39 is 0 Å². The summed E-state index contributed by atoms with van der Waals surface area (Å²) >= 11 is 0. The number of H-pyrrole nitrogens is 1. The van der Waals surface area contributed by atoms with Gasteiger partial charge in [-0.25, -0.2) is 0 Å². The van der Waals surface area contributed by atoms with Crippen LogP contribution >= 0.6 is 0 Å². The van der Waals surface area contributed by atoms with Gasteiger partial charge in [-0.15, -0.1) is 0 Å². The molecule has 0 spiro atoms. The molecule has 0 saturated carbocycles. The summed E-state index contributed by atoms with van der Waals surface area (Å²) in [6.07, 6.45) is 1.22. The van der Waals surface area contributed by atoms with Crippen LogP contribution in [0.1, 0.15) is 17.4 Å². The summed E-state index contributed by atoms with van der Waals surface area (Å²) in [6, 6.07) is 5.18. The summed E-state index contributed by atoms with van der Waals surface area (Å²) < 4.78 is 10.7. The molecular weight excluding hydrogens is 274 g/mol. The van der Waals surface area contributed by atoms with Gasteiger partial charge >= 0.3 is 0 Å². The normalized spacial score (nSPS) is 22.5. The van der Waals surface area contributed by atoms with Gasteiger partial charge in [-0.3, -0.25) is 9.89 Å². The number of aliphatic hydroxyl groups excluding tert-OH is 1. The fourth-order valence-corrected chi connectivity index (χ4v) is 2.35. The predicted octanol–water partition coefficient (Wildman–Crippen LogP) is 0.891. The van der Waals surface area contributed by atoms with E-state index in [0.717, 1.165) is 0 Å². The summed E-state index contributed by atoms with van der Waals surface area (Å²) in [5.41, 5.74) is 0.981. The number of rotatable bonds is 3. The van der Waals surface area contributed by atoms with E-state index in [4.69, 9.17) is 9.15 Å². The molecule has 0 bridgehead atoms. The molecule has 2 N–H and O–H groups in total. The Balaban J connectivity index is 1.78. The molecule has 1 fully saturated rings. The van der Waals surface area contributed by atoms with Gasteiger partial charge in [0.2, 0.25) is 0 Å². The van der Waals surface area contributed by atoms with Crippen LogP contribution in [0.25, 0.3) is 11.5 Å². The fraction of sp³-hybridized carbons (Fsp3) is 0.429. The van der Waals surface area contributed by atoms with Crippen LogP contribution < -0.4 is 0 Å². The van der Waals surface area contributed by atoms with Gasteiger partial charge in [0, 0.05) is 12.6 Å². The van der Waals surface area contributed by atoms with E-state index >= 15 is 0 Å². The number of hydrogen-bond acceptors (Lipinski definition) is 5. The third kappa shape index (κ3) is 2.70. The molecule has 2 aromatic rings. The third-order valence-corrected chi connectivity index (χ3v) is 3.55. The number of ether oxygens (including phenoxy) is 1. The molecule has 7 nitrogen and oxygen atoms in total. The van der Waals surface area contributed by atoms with Gasteiger partial charge in [-0.1, -0.05) is 0 Å². The number of nitrogens with one attached hydrogen (secondary N) is 1. The van der Waals surface area contributed by atoms with Gasteiger partial charge in [0.1, 0.15) is 5.69 Å². The Labute approximate surface area is 121 Å². The minimum absolute atomic E-state index is 0.0518. The number of carbonyl (C=O) groups excluding carboxylic acids is 1. The average molecular weight is 291 g/mol. The van der Waals surface area contributed by atoms with E-state index in [9.17, 15) is 9.90 Å². The zero-order valence-corrected chi connectivity index (χ0v) is 11.7. The van der Waals surface area contributed by atoms with Crippen LogP contribution in [-0.2, 0) is 4.74 Å². The summed E-state index contributed by atoms with van der Waals surface area (Å²) in [4.78, 5) is 14.2. The number of aromatic amines is 1. The summed E-state index contributed by atoms with van der Waals surface area (Å²) in [5.74, 6) is 0.447. The molecule has 0 radical (unpaired) electrons. The second-order valence-corrected chi connectivity index (χ2v) is 5.09. The number of amides is 1. The Hall–Kier alpha value is -2.12. The highest BCUT2D eigenvalue weighted by molar-refractivity contribution is 5.93. The molecule has 1 amide bonds. The van der Waals surface area contributed by atoms with E-state index in [-0.39, 0.29) is 24.7 Å². The van der Waals surface area contributed by atoms with Crippen molar-refractivity contribution in [3.8, 4) is 11.5 Å². The van der Waals surface area contributed by atoms with Crippen molar-refractivity contribution >= 4 is 5.91 Å². The molecular formula is C14H17N3O4. The van der Waals surface area contributed by atoms with Crippen molar-refractivity contribution in [2.45, 2.75) is 19.1 Å². The zero-order valence-electron chi connectivity index (χ0n) is 11.7. The highest BCUT2D eigenvalue weighted by Gasteiger charge is 2.31. The maximum absolute atomic E-state index is 12.5. The second-order valence-electron chi connectivity index (χ2n) is 5.09. The number of furan rings is 1. The maximum atomic E-state index is 12.5. The highest BCUT2D eigenvalue weighted by Crippen LogP contribution is 2.20. The van der Waals surface area contributed by atoms with Crippen molar-refractivity contribution in [3.63, 3.8) is 0 Å². The van der Waals surface area contributed by atoms with E-state index in [1.807, 2.05) is 6.92 Å². The summed E-state index contributed by atoms with van der Waals surface area (Å²) in [6.45, 7) is 2.58. The summed E-state index contributed by atoms with van der Waals surface area (Å²) in [7, 11) is 0. The Kier molecular flexibility index (Phi) is 3.76. The van der Waals surface area contributed by atoms with Crippen molar-refractivity contribution in [1.29, 1.82) is 0 Å². The molecule has 1 aliphatic rings. The number of carbonyl (C=O) groups is 1. The Bertz CT molecular complexity index is 608. The van der Waals surface area contributed by atoms with Crippen molar-refractivity contribution in [2.24, 2.45) is 0 Å². The molecule has 3 rings (SSSR count). The SMILES string of the molecule is CC1COC(CO)CN1C(=O)c1cc(-c2ccco2)[nH]n1. The van der Waals surface area contributed by atoms with Crippen LogP contribution in [0.15, 0.2) is 28.9 Å². The van der Waals surface area contributed by atoms with E-state index in [2.05, 4.69) is 10.2 Å². The molecule has 0 aromatic carbocycles. The Morgan fingerprint density at radius 2 is 2.48 bits per heavy atom. The number of morpholine rings is 1. The molecule has 112 valence electrons. The maximum Gasteiger partial charge on any atom is 0.274 e. The number of aromatic nitrogens is 2. The lowest BCUT2D eigenvalue weighted by Crippen LogP contribution is -2.52. The number of nitrogens with zero attached hydrogens (tertiary/aromatic N) is 2. The van der Waals surface area contributed by atoms with Crippen molar-refractivity contribution in [2.75, 3.05) is 19.8 Å². The van der Waals surface area contributed by atoms with Crippen LogP contribution in [0.4, 0.5) is 0 Å². The monoisotopic (exact) mass is 291 g/mol. The van der Waals surface area contributed by atoms with Gasteiger partial charge in [0.25, 0.3) is 5.91 Å². The van der Waals surface area contributed by atoms with Crippen molar-refractivity contribution < 1.29 is 19.1 Å². The third-order valence-electron chi connectivity index (χ3n) is 3.55. The first-order valence-electron chi connectivity index (χ1n) is 6.81. The molecule has 2 aromatic heterocycles. The molecule has 1 aliphatic heterocycles. The van der Waals surface area contributed by atoms with Crippen LogP contribution in [0.3, 0.4) is 0 Å². The topological polar surface area (TPSA) is 91.6 Å². The molecule has 2 atom stereocenters. The number of hydrogen-bond donors (Lipinski definition) is 2. The van der Waals surface area contributed by atoms with Crippen molar-refractivity contribution in [1.82, 2.24) is 15.1 Å². The molecule has 0 aliphatic carbocycles. The lowest BCUT2D eigenvalue weighted by Gasteiger charge is -2.37. The van der Waals surface area contributed by atoms with E-state index in [0.29, 0.717) is 30.3 Å². The fourth-order valence-electron chi connectivity index (χ4n) is 2.35. The molecule has 1 saturated heterocycles. The standard InChI is InChI=1S/C14H17N3O4/c1-9-8-21-10(7-18)6-17(9)14(19)12-5-11(15-16-12)13-3-2-4-20-13/h2-5,9-10,18H,6-8H2,1H3,(H,15,16).